The highest BCUT2D eigenvalue weighted by atomic mass is 16.7. The Morgan fingerprint density at radius 1 is 0.929 bits per heavy atom. The normalized spacial score (nSPS) is 35.2. The second-order valence-corrected chi connectivity index (χ2v) is 24.6. The molecule has 478 valence electrons. The number of aliphatic hydroxyl groups excluding tert-OH is 2. The predicted molar refractivity (Wildman–Crippen MR) is 315 cm³/mol. The van der Waals surface area contributed by atoms with Crippen molar-refractivity contribution in [3.63, 3.8) is 0 Å². The number of carboxylic acids is 1. The first-order valence-electron chi connectivity index (χ1n) is 30.0. The maximum absolute atomic E-state index is 14.8. The zero-order chi connectivity index (χ0) is 62.8. The molecule has 0 aliphatic carbocycles. The molecule has 2 aromatic heterocycles. The molecule has 18 atom stereocenters. The van der Waals surface area contributed by atoms with Crippen LogP contribution in [-0.4, -0.2) is 228 Å². The Labute approximate surface area is 496 Å². The van der Waals surface area contributed by atoms with Crippen LogP contribution in [0, 0.1) is 23.7 Å². The van der Waals surface area contributed by atoms with Crippen LogP contribution in [0.2, 0.25) is 0 Å². The molecule has 5 rings (SSSR count). The second-order valence-electron chi connectivity index (χ2n) is 24.6. The summed E-state index contributed by atoms with van der Waals surface area (Å²) >= 11 is 0. The van der Waals surface area contributed by atoms with Gasteiger partial charge < -0.3 is 83.7 Å². The second kappa shape index (κ2) is 30.5. The minimum atomic E-state index is -2.00. The van der Waals surface area contributed by atoms with Crippen molar-refractivity contribution in [2.45, 2.75) is 212 Å². The number of carbonyl (C=O) groups excluding carboxylic acids is 2. The van der Waals surface area contributed by atoms with E-state index in [0.29, 0.717) is 43.7 Å². The third kappa shape index (κ3) is 17.0. The molecule has 0 bridgehead atoms. The van der Waals surface area contributed by atoms with E-state index in [4.69, 9.17) is 38.0 Å². The van der Waals surface area contributed by atoms with Gasteiger partial charge in [-0.25, -0.2) is 14.5 Å². The monoisotopic (exact) mass is 1190 g/mol. The zero-order valence-electron chi connectivity index (χ0n) is 52.9. The number of fused-ring (bicyclic) bond motifs is 1. The maximum atomic E-state index is 14.8. The van der Waals surface area contributed by atoms with Crippen LogP contribution in [0.4, 0.5) is 0 Å². The Morgan fingerprint density at radius 3 is 2.21 bits per heavy atom. The van der Waals surface area contributed by atoms with Crippen molar-refractivity contribution in [1.29, 1.82) is 0 Å². The van der Waals surface area contributed by atoms with Crippen molar-refractivity contribution in [2.75, 3.05) is 79.6 Å². The van der Waals surface area contributed by atoms with E-state index < -0.39 is 119 Å². The summed E-state index contributed by atoms with van der Waals surface area (Å²) < 4.78 is 46.7. The van der Waals surface area contributed by atoms with Crippen molar-refractivity contribution in [1.82, 2.24) is 24.8 Å². The van der Waals surface area contributed by atoms with Crippen molar-refractivity contribution in [3.05, 3.63) is 39.8 Å². The first-order chi connectivity index (χ1) is 39.4. The highest BCUT2D eigenvalue weighted by Crippen LogP contribution is 2.42. The topological polar surface area (TPSA) is 295 Å². The number of carboxylic acid groups (broad SMARTS) is 1. The number of oxime groups is 1. The molecule has 24 heteroatoms. The fourth-order valence-corrected chi connectivity index (χ4v) is 12.4. The van der Waals surface area contributed by atoms with E-state index in [-0.39, 0.29) is 61.9 Å². The number of nitrogens with zero attached hydrogens (tertiary/aromatic N) is 6. The number of pyridine rings is 2. The molecule has 3 aliphatic heterocycles. The number of methoxy groups -OCH3 is 1. The van der Waals surface area contributed by atoms with Crippen LogP contribution in [0.25, 0.3) is 11.0 Å². The number of aliphatic hydroxyl groups is 4. The van der Waals surface area contributed by atoms with Crippen molar-refractivity contribution in [3.8, 4) is 0 Å². The summed E-state index contributed by atoms with van der Waals surface area (Å²) in [6, 6.07) is 1.30. The number of aromatic carboxylic acids is 1. The third-order valence-electron chi connectivity index (χ3n) is 17.5. The smallest absolute Gasteiger partial charge is 0.341 e. The summed E-state index contributed by atoms with van der Waals surface area (Å²) in [4.78, 5) is 67.7. The van der Waals surface area contributed by atoms with Crippen LogP contribution in [0.3, 0.4) is 0 Å². The molecule has 0 saturated carbocycles. The van der Waals surface area contributed by atoms with E-state index in [1.165, 1.54) is 24.9 Å². The minimum Gasteiger partial charge on any atom is -0.477 e. The fraction of sp³-hybridized carbons (Fsp3) is 0.800. The van der Waals surface area contributed by atoms with Gasteiger partial charge >= 0.3 is 17.9 Å². The molecule has 0 spiro atoms. The number of aromatic nitrogens is 2. The van der Waals surface area contributed by atoms with Crippen LogP contribution < -0.4 is 15.8 Å². The number of hydrogen-bond donors (Lipinski definition) is 6. The molecule has 24 nitrogen and oxygen atoms in total. The largest absolute Gasteiger partial charge is 0.477 e. The lowest BCUT2D eigenvalue weighted by atomic mass is 9.73. The summed E-state index contributed by atoms with van der Waals surface area (Å²) in [7, 11) is 8.65. The van der Waals surface area contributed by atoms with Gasteiger partial charge in [0.25, 0.3) is 0 Å². The molecule has 0 radical (unpaired) electrons. The standard InChI is InChI=1S/C60H101N7O17/c1-18-44-60(12,76)51(71)36(6)47(63-78-27-26-66(19-2)20-3)34(4)30-58(10,75)52(84-57-49(70)43(64(13)14)28-35(5)79-57)37(7)50(38(8)56(74)81-44)83-46-31-59(11,77-17)53(39(9)80-46)82-45(68)23-25-61-24-21-22-40-29-41-48(69)42(55(72)73)33-67(65(15)16)54(41)62-32-40/h29,32-39,43-44,46,49-53,57,61,70-71,75-76H,18-28,30-31H2,1-17H3,(H,72,73)/t34-,35-,36+,37+,38-,39+,43+,44-,46+,49-,50+,51-,52-,53+,57+,58-,59-,60-/m1/s1. The van der Waals surface area contributed by atoms with Crippen molar-refractivity contribution < 1.29 is 77.9 Å². The van der Waals surface area contributed by atoms with Gasteiger partial charge in [-0.05, 0) is 119 Å². The lowest BCUT2D eigenvalue weighted by Gasteiger charge is -2.49. The van der Waals surface area contributed by atoms with Gasteiger partial charge in [-0.15, -0.1) is 0 Å². The Bertz CT molecular complexity index is 2560. The van der Waals surface area contributed by atoms with E-state index in [2.05, 4.69) is 34.2 Å². The number of carbonyl (C=O) groups is 3. The molecular weight excluding hydrogens is 1090 g/mol. The highest BCUT2D eigenvalue weighted by molar-refractivity contribution is 5.92. The van der Waals surface area contributed by atoms with Gasteiger partial charge in [0.1, 0.15) is 35.6 Å². The molecule has 5 heterocycles. The first kappa shape index (κ1) is 70.3. The molecule has 3 aliphatic rings. The van der Waals surface area contributed by atoms with Crippen LogP contribution in [0.5, 0.6) is 0 Å². The molecule has 0 aromatic carbocycles. The summed E-state index contributed by atoms with van der Waals surface area (Å²) in [5.41, 5.74) is -4.53. The van der Waals surface area contributed by atoms with Crippen LogP contribution in [0.15, 0.2) is 28.4 Å². The average Bonchev–Trinajstić information content (AvgIpc) is 2.25. The van der Waals surface area contributed by atoms with Gasteiger partial charge in [-0.3, -0.25) is 14.4 Å². The van der Waals surface area contributed by atoms with E-state index in [1.807, 2.05) is 32.8 Å². The summed E-state index contributed by atoms with van der Waals surface area (Å²) in [6.45, 7) is 24.4. The summed E-state index contributed by atoms with van der Waals surface area (Å²) in [5, 5.41) is 68.7. The molecule has 2 aromatic rings. The van der Waals surface area contributed by atoms with E-state index >= 15 is 0 Å². The number of rotatable bonds is 23. The number of aryl methyl sites for hydroxylation is 1. The Morgan fingerprint density at radius 2 is 1.61 bits per heavy atom. The number of cyclic esters (lactones) is 1. The summed E-state index contributed by atoms with van der Waals surface area (Å²) in [5.74, 6) is -6.15. The van der Waals surface area contributed by atoms with Crippen molar-refractivity contribution in [2.24, 2.45) is 28.8 Å². The minimum absolute atomic E-state index is 0.00768. The van der Waals surface area contributed by atoms with Crippen LogP contribution in [-0.2, 0) is 54.0 Å². The molecule has 84 heavy (non-hydrogen) atoms. The van der Waals surface area contributed by atoms with Gasteiger partial charge in [0.05, 0.1) is 59.6 Å². The Kier molecular flexibility index (Phi) is 25.5. The Balaban J connectivity index is 1.39. The van der Waals surface area contributed by atoms with Crippen molar-refractivity contribution >= 4 is 34.7 Å². The predicted octanol–water partition coefficient (Wildman–Crippen LogP) is 3.70. The molecule has 3 saturated heterocycles. The molecule has 3 fully saturated rings. The van der Waals surface area contributed by atoms with Gasteiger partial charge in [0, 0.05) is 76.9 Å². The van der Waals surface area contributed by atoms with Gasteiger partial charge in [0.15, 0.2) is 24.3 Å². The third-order valence-corrected chi connectivity index (χ3v) is 17.5. The van der Waals surface area contributed by atoms with Crippen LogP contribution in [0.1, 0.15) is 138 Å². The number of likely N-dealkylation sites (N-methyl/N-ethyl adjacent to an activating group) is 2. The van der Waals surface area contributed by atoms with E-state index in [0.717, 1.165) is 18.7 Å². The molecular formula is C60H101N7O17. The van der Waals surface area contributed by atoms with Crippen LogP contribution >= 0.6 is 0 Å². The van der Waals surface area contributed by atoms with Gasteiger partial charge in [-0.2, -0.15) is 0 Å². The fourth-order valence-electron chi connectivity index (χ4n) is 12.4. The highest BCUT2D eigenvalue weighted by Gasteiger charge is 2.54. The van der Waals surface area contributed by atoms with E-state index in [1.54, 1.807) is 79.8 Å². The number of ether oxygens (including phenoxy) is 7. The number of hydrogen-bond acceptors (Lipinski definition) is 22. The summed E-state index contributed by atoms with van der Waals surface area (Å²) in [6.07, 6.45) is -6.06. The number of esters is 2. The SMILES string of the molecule is CC[C@H]1OC(=O)[C@H](C)[C@@H](O[C@H]2C[C@@](C)(OC)[C@@H](OC(=O)CCNCCCc3cnc4c(c3)c(=O)c(C(=O)O)cn4N(C)C)[C@H](C)O2)[C@H](C)[C@@H](O[C@@H]2O[C@H](C)C[C@H](N(C)C)[C@H]2O)[C@](C)(O)C[C@@H](C)C(=NOCCN(CC)CC)[C@H](C)[C@@H](O)[C@]1(C)O. The van der Waals surface area contributed by atoms with Gasteiger partial charge in [-0.1, -0.05) is 46.7 Å². The average molecular weight is 1190 g/mol. The molecule has 6 N–H and O–H groups in total. The Hall–Kier alpha value is -4.44. The quantitative estimate of drug-likeness (QED) is 0.0525. The zero-order valence-corrected chi connectivity index (χ0v) is 52.9. The lowest BCUT2D eigenvalue weighted by molar-refractivity contribution is -0.318. The van der Waals surface area contributed by atoms with Gasteiger partial charge in [0.2, 0.25) is 5.43 Å². The lowest BCUT2D eigenvalue weighted by Crippen LogP contribution is -2.61. The molecule has 0 amide bonds. The van der Waals surface area contributed by atoms with E-state index in [9.17, 15) is 44.7 Å². The maximum Gasteiger partial charge on any atom is 0.341 e. The first-order valence-corrected chi connectivity index (χ1v) is 30.0. The number of nitrogens with one attached hydrogen (secondary N) is 1. The molecule has 0 unspecified atom stereocenters.